The molecule has 2 rings (SSSR count). The smallest absolute Gasteiger partial charge is 0.120 e. The quantitative estimate of drug-likeness (QED) is 0.768. The van der Waals surface area contributed by atoms with Crippen molar-refractivity contribution in [3.8, 4) is 5.75 Å². The Labute approximate surface area is 84.2 Å². The number of nitrogens with two attached hydrogens (primary N) is 1. The first-order valence-corrected chi connectivity index (χ1v) is 4.32. The van der Waals surface area contributed by atoms with Crippen LogP contribution in [0.5, 0.6) is 5.75 Å². The van der Waals surface area contributed by atoms with Gasteiger partial charge in [-0.05, 0) is 24.8 Å². The van der Waals surface area contributed by atoms with Crippen LogP contribution in [-0.2, 0) is 0 Å². The van der Waals surface area contributed by atoms with Crippen LogP contribution < -0.4 is 5.73 Å². The van der Waals surface area contributed by atoms with Gasteiger partial charge in [0.05, 0.1) is 0 Å². The molecule has 0 aliphatic heterocycles. The molecule has 0 heterocycles. The van der Waals surface area contributed by atoms with E-state index in [-0.39, 0.29) is 18.4 Å². The topological polar surface area (TPSA) is 46.2 Å². The number of aromatic hydroxyl groups is 1. The van der Waals surface area contributed by atoms with Gasteiger partial charge in [-0.25, -0.2) is 0 Å². The third kappa shape index (κ3) is 2.14. The summed E-state index contributed by atoms with van der Waals surface area (Å²) >= 11 is 0. The van der Waals surface area contributed by atoms with Crippen LogP contribution in [-0.4, -0.2) is 5.11 Å². The van der Waals surface area contributed by atoms with Gasteiger partial charge in [-0.3, -0.25) is 0 Å². The Bertz CT molecular complexity index is 286. The number of phenolic OH excluding ortho intramolecular Hbond substituents is 1. The molecule has 3 N–H and O–H groups in total. The van der Waals surface area contributed by atoms with E-state index in [2.05, 4.69) is 0 Å². The van der Waals surface area contributed by atoms with Crippen LogP contribution in [0.4, 0.5) is 0 Å². The number of halogens is 1. The molecule has 1 aliphatic carbocycles. The Hall–Kier alpha value is -0.730. The lowest BCUT2D eigenvalue weighted by molar-refractivity contribution is 0.456. The highest BCUT2D eigenvalue weighted by atomic mass is 35.5. The fourth-order valence-corrected chi connectivity index (χ4v) is 1.48. The van der Waals surface area contributed by atoms with Crippen molar-refractivity contribution in [3.63, 3.8) is 0 Å². The Kier molecular flexibility index (Phi) is 3.17. The normalized spacial score (nSPS) is 17.6. The van der Waals surface area contributed by atoms with Crippen LogP contribution in [0, 0.1) is 5.92 Å². The van der Waals surface area contributed by atoms with E-state index in [0.717, 1.165) is 5.56 Å². The predicted molar refractivity (Wildman–Crippen MR) is 55.0 cm³/mol. The van der Waals surface area contributed by atoms with Crippen LogP contribution in [0.1, 0.15) is 24.4 Å². The van der Waals surface area contributed by atoms with E-state index in [1.54, 1.807) is 6.07 Å². The molecular formula is C10H14ClNO. The molecule has 0 saturated heterocycles. The second-order valence-corrected chi connectivity index (χ2v) is 3.42. The highest BCUT2D eigenvalue weighted by Gasteiger charge is 2.30. The van der Waals surface area contributed by atoms with Crippen LogP contribution in [0.15, 0.2) is 24.3 Å². The molecule has 1 fully saturated rings. The van der Waals surface area contributed by atoms with Crippen molar-refractivity contribution >= 4 is 12.4 Å². The number of rotatable bonds is 2. The van der Waals surface area contributed by atoms with E-state index in [1.165, 1.54) is 12.8 Å². The second-order valence-electron chi connectivity index (χ2n) is 3.42. The molecule has 0 amide bonds. The SMILES string of the molecule is Cl.N[C@H](c1ccccc1O)C1CC1. The van der Waals surface area contributed by atoms with E-state index in [9.17, 15) is 5.11 Å². The number of para-hydroxylation sites is 1. The standard InChI is InChI=1S/C10H13NO.ClH/c11-10(7-5-6-7)8-3-1-2-4-9(8)12;/h1-4,7,10,12H,5-6,11H2;1H/t10-;/m0./s1. The number of hydrogen-bond donors (Lipinski definition) is 2. The lowest BCUT2D eigenvalue weighted by Gasteiger charge is -2.11. The molecule has 3 heteroatoms. The summed E-state index contributed by atoms with van der Waals surface area (Å²) in [4.78, 5) is 0. The molecule has 13 heavy (non-hydrogen) atoms. The van der Waals surface area contributed by atoms with E-state index in [1.807, 2.05) is 18.2 Å². The summed E-state index contributed by atoms with van der Waals surface area (Å²) in [5.74, 6) is 0.926. The maximum Gasteiger partial charge on any atom is 0.120 e. The van der Waals surface area contributed by atoms with Gasteiger partial charge < -0.3 is 10.8 Å². The van der Waals surface area contributed by atoms with E-state index >= 15 is 0 Å². The first kappa shape index (κ1) is 10.4. The third-order valence-corrected chi connectivity index (χ3v) is 2.43. The Balaban J connectivity index is 0.000000845. The van der Waals surface area contributed by atoms with Crippen LogP contribution in [0.2, 0.25) is 0 Å². The van der Waals surface area contributed by atoms with Gasteiger partial charge in [0.15, 0.2) is 0 Å². The van der Waals surface area contributed by atoms with Crippen molar-refractivity contribution in [1.29, 1.82) is 0 Å². The molecule has 2 nitrogen and oxygen atoms in total. The summed E-state index contributed by atoms with van der Waals surface area (Å²) < 4.78 is 0. The van der Waals surface area contributed by atoms with Gasteiger partial charge >= 0.3 is 0 Å². The zero-order valence-corrected chi connectivity index (χ0v) is 8.13. The first-order chi connectivity index (χ1) is 5.79. The molecule has 0 unspecified atom stereocenters. The fourth-order valence-electron chi connectivity index (χ4n) is 1.48. The number of benzene rings is 1. The van der Waals surface area contributed by atoms with E-state index in [4.69, 9.17) is 5.73 Å². The summed E-state index contributed by atoms with van der Waals surface area (Å²) in [6, 6.07) is 7.36. The molecule has 1 aliphatic rings. The molecule has 1 aromatic carbocycles. The summed E-state index contributed by atoms with van der Waals surface area (Å²) in [6.07, 6.45) is 2.41. The van der Waals surface area contributed by atoms with Crippen LogP contribution in [0.25, 0.3) is 0 Å². The van der Waals surface area contributed by atoms with Crippen molar-refractivity contribution < 1.29 is 5.11 Å². The molecule has 0 aromatic heterocycles. The predicted octanol–water partition coefficient (Wildman–Crippen LogP) is 2.22. The minimum absolute atomic E-state index is 0. The van der Waals surface area contributed by atoms with Crippen LogP contribution in [0.3, 0.4) is 0 Å². The number of hydrogen-bond acceptors (Lipinski definition) is 2. The summed E-state index contributed by atoms with van der Waals surface area (Å²) in [6.45, 7) is 0. The van der Waals surface area contributed by atoms with Crippen molar-refractivity contribution in [2.24, 2.45) is 11.7 Å². The summed E-state index contributed by atoms with van der Waals surface area (Å²) in [5, 5.41) is 9.48. The van der Waals surface area contributed by atoms with Crippen molar-refractivity contribution in [1.82, 2.24) is 0 Å². The van der Waals surface area contributed by atoms with Gasteiger partial charge in [0.2, 0.25) is 0 Å². The molecular weight excluding hydrogens is 186 g/mol. The zero-order valence-electron chi connectivity index (χ0n) is 7.31. The second kappa shape index (κ2) is 3.99. The average molecular weight is 200 g/mol. The van der Waals surface area contributed by atoms with Crippen LogP contribution >= 0.6 is 12.4 Å². The van der Waals surface area contributed by atoms with Gasteiger partial charge in [0, 0.05) is 11.6 Å². The maximum absolute atomic E-state index is 9.48. The third-order valence-electron chi connectivity index (χ3n) is 2.43. The lowest BCUT2D eigenvalue weighted by atomic mass is 10.0. The number of phenols is 1. The fraction of sp³-hybridized carbons (Fsp3) is 0.400. The maximum atomic E-state index is 9.48. The lowest BCUT2D eigenvalue weighted by Crippen LogP contribution is -2.12. The molecule has 0 bridgehead atoms. The van der Waals surface area contributed by atoms with Gasteiger partial charge in [0.1, 0.15) is 5.75 Å². The monoisotopic (exact) mass is 199 g/mol. The van der Waals surface area contributed by atoms with Gasteiger partial charge in [-0.2, -0.15) is 0 Å². The summed E-state index contributed by atoms with van der Waals surface area (Å²) in [5.41, 5.74) is 6.83. The minimum Gasteiger partial charge on any atom is -0.508 e. The van der Waals surface area contributed by atoms with Crippen molar-refractivity contribution in [3.05, 3.63) is 29.8 Å². The van der Waals surface area contributed by atoms with Gasteiger partial charge in [0.25, 0.3) is 0 Å². The van der Waals surface area contributed by atoms with Crippen molar-refractivity contribution in [2.75, 3.05) is 0 Å². The zero-order chi connectivity index (χ0) is 8.55. The molecule has 1 saturated carbocycles. The molecule has 1 aromatic rings. The highest BCUT2D eigenvalue weighted by molar-refractivity contribution is 5.85. The first-order valence-electron chi connectivity index (χ1n) is 4.32. The Morgan fingerprint density at radius 2 is 1.92 bits per heavy atom. The highest BCUT2D eigenvalue weighted by Crippen LogP contribution is 2.41. The molecule has 0 spiro atoms. The van der Waals surface area contributed by atoms with Crippen molar-refractivity contribution in [2.45, 2.75) is 18.9 Å². The van der Waals surface area contributed by atoms with Gasteiger partial charge in [-0.15, -0.1) is 12.4 Å². The molecule has 0 radical (unpaired) electrons. The molecule has 72 valence electrons. The van der Waals surface area contributed by atoms with Gasteiger partial charge in [-0.1, -0.05) is 18.2 Å². The summed E-state index contributed by atoms with van der Waals surface area (Å²) in [7, 11) is 0. The largest absolute Gasteiger partial charge is 0.508 e. The molecule has 1 atom stereocenters. The Morgan fingerprint density at radius 3 is 2.46 bits per heavy atom. The van der Waals surface area contributed by atoms with E-state index < -0.39 is 0 Å². The van der Waals surface area contributed by atoms with E-state index in [0.29, 0.717) is 11.7 Å². The minimum atomic E-state index is 0. The average Bonchev–Trinajstić information content (AvgIpc) is 2.86. The Morgan fingerprint density at radius 1 is 1.31 bits per heavy atom.